The van der Waals surface area contributed by atoms with Crippen LogP contribution in [0.1, 0.15) is 43.0 Å². The van der Waals surface area contributed by atoms with E-state index in [-0.39, 0.29) is 42.3 Å². The number of benzene rings is 2. The molecule has 3 aromatic rings. The minimum absolute atomic E-state index is 0.0343. The van der Waals surface area contributed by atoms with Gasteiger partial charge in [0, 0.05) is 30.2 Å². The molecule has 2 N–H and O–H groups in total. The van der Waals surface area contributed by atoms with Gasteiger partial charge < -0.3 is 10.2 Å². The Morgan fingerprint density at radius 2 is 1.71 bits per heavy atom. The fraction of sp³-hybridized carbons (Fsp3) is 0.321. The highest BCUT2D eigenvalue weighted by Gasteiger charge is 2.28. The van der Waals surface area contributed by atoms with E-state index >= 15 is 0 Å². The fourth-order valence-electron chi connectivity index (χ4n) is 3.92. The summed E-state index contributed by atoms with van der Waals surface area (Å²) in [6.07, 6.45) is 3.97. The van der Waals surface area contributed by atoms with Gasteiger partial charge in [0.15, 0.2) is 0 Å². The van der Waals surface area contributed by atoms with Crippen LogP contribution in [0.5, 0.6) is 0 Å². The lowest BCUT2D eigenvalue weighted by molar-refractivity contribution is -0.140. The highest BCUT2D eigenvalue weighted by atomic mass is 35.5. The molecular weight excluding hydrogens is 524 g/mol. The second kappa shape index (κ2) is 12.5. The summed E-state index contributed by atoms with van der Waals surface area (Å²) in [4.78, 5) is 32.3. The molecule has 0 aliphatic heterocycles. The van der Waals surface area contributed by atoms with Gasteiger partial charge >= 0.3 is 0 Å². The van der Waals surface area contributed by atoms with Crippen LogP contribution >= 0.6 is 11.6 Å². The van der Waals surface area contributed by atoms with Gasteiger partial charge in [-0.05, 0) is 73.7 Å². The predicted molar refractivity (Wildman–Crippen MR) is 146 cm³/mol. The first-order valence-corrected chi connectivity index (χ1v) is 14.4. The topological polar surface area (TPSA) is 108 Å². The van der Waals surface area contributed by atoms with Crippen LogP contribution in [0.15, 0.2) is 77.8 Å². The van der Waals surface area contributed by atoms with Crippen molar-refractivity contribution in [3.8, 4) is 0 Å². The quantitative estimate of drug-likeness (QED) is 0.353. The molecular formula is C28H31ClN4O4S. The molecule has 2 aromatic carbocycles. The molecule has 38 heavy (non-hydrogen) atoms. The van der Waals surface area contributed by atoms with E-state index in [0.29, 0.717) is 11.4 Å². The molecule has 1 atom stereocenters. The zero-order valence-corrected chi connectivity index (χ0v) is 22.7. The highest BCUT2D eigenvalue weighted by Crippen LogP contribution is 2.22. The number of amides is 2. The smallest absolute Gasteiger partial charge is 0.242 e. The van der Waals surface area contributed by atoms with Crippen molar-refractivity contribution in [2.75, 3.05) is 0 Å². The largest absolute Gasteiger partial charge is 0.349 e. The number of hydrogen-bond donors (Lipinski definition) is 2. The zero-order chi connectivity index (χ0) is 27.1. The van der Waals surface area contributed by atoms with Crippen LogP contribution < -0.4 is 10.0 Å². The van der Waals surface area contributed by atoms with E-state index in [0.717, 1.165) is 29.7 Å². The number of halogens is 1. The third kappa shape index (κ3) is 7.86. The van der Waals surface area contributed by atoms with Crippen LogP contribution in [0.2, 0.25) is 5.02 Å². The Labute approximate surface area is 228 Å². The molecule has 0 radical (unpaired) electrons. The summed E-state index contributed by atoms with van der Waals surface area (Å²) in [5.41, 5.74) is 2.41. The summed E-state index contributed by atoms with van der Waals surface area (Å²) in [5.74, 6) is -0.469. The Morgan fingerprint density at radius 3 is 2.34 bits per heavy atom. The molecule has 8 nitrogen and oxygen atoms in total. The number of sulfonamides is 1. The molecule has 10 heteroatoms. The standard InChI is InChI=1S/C28H31ClN4O4S/c1-20(28(35)31-18-25-4-2-3-17-30-25)33(19-22-5-10-23(29)11-6-22)27(34)16-9-21-7-14-26(15-8-21)38(36,37)32-24-12-13-24/h2-8,10-11,14-15,17,20,24,32H,9,12-13,16,18-19H2,1H3,(H,31,35). The Hall–Kier alpha value is -3.27. The van der Waals surface area contributed by atoms with E-state index in [1.54, 1.807) is 60.5 Å². The molecule has 0 bridgehead atoms. The molecule has 4 rings (SSSR count). The van der Waals surface area contributed by atoms with Crippen molar-refractivity contribution in [3.05, 3.63) is 94.8 Å². The van der Waals surface area contributed by atoms with Crippen molar-refractivity contribution in [3.63, 3.8) is 0 Å². The van der Waals surface area contributed by atoms with E-state index in [1.807, 2.05) is 24.3 Å². The van der Waals surface area contributed by atoms with Crippen molar-refractivity contribution in [2.24, 2.45) is 0 Å². The maximum absolute atomic E-state index is 13.4. The number of nitrogens with one attached hydrogen (secondary N) is 2. The third-order valence-electron chi connectivity index (χ3n) is 6.36. The van der Waals surface area contributed by atoms with E-state index in [4.69, 9.17) is 11.6 Å². The second-order valence-electron chi connectivity index (χ2n) is 9.40. The minimum Gasteiger partial charge on any atom is -0.349 e. The van der Waals surface area contributed by atoms with Crippen LogP contribution in [-0.2, 0) is 39.1 Å². The molecule has 1 heterocycles. The van der Waals surface area contributed by atoms with Crippen molar-refractivity contribution in [1.82, 2.24) is 19.9 Å². The van der Waals surface area contributed by atoms with Gasteiger partial charge in [0.1, 0.15) is 6.04 Å². The molecule has 2 amide bonds. The lowest BCUT2D eigenvalue weighted by Gasteiger charge is -2.29. The average molecular weight is 555 g/mol. The Morgan fingerprint density at radius 1 is 1.03 bits per heavy atom. The molecule has 1 saturated carbocycles. The number of pyridine rings is 1. The van der Waals surface area contributed by atoms with E-state index in [1.165, 1.54) is 0 Å². The third-order valence-corrected chi connectivity index (χ3v) is 8.15. The number of carbonyl (C=O) groups is 2. The normalized spacial score (nSPS) is 14.1. The van der Waals surface area contributed by atoms with Gasteiger partial charge in [-0.3, -0.25) is 14.6 Å². The predicted octanol–water partition coefficient (Wildman–Crippen LogP) is 3.84. The molecule has 1 aromatic heterocycles. The van der Waals surface area contributed by atoms with Crippen LogP contribution in [-0.4, -0.2) is 42.2 Å². The van der Waals surface area contributed by atoms with E-state index < -0.39 is 16.1 Å². The van der Waals surface area contributed by atoms with Crippen LogP contribution in [0.3, 0.4) is 0 Å². The maximum atomic E-state index is 13.4. The van der Waals surface area contributed by atoms with Gasteiger partial charge in [-0.1, -0.05) is 41.9 Å². The summed E-state index contributed by atoms with van der Waals surface area (Å²) in [7, 11) is -3.53. The van der Waals surface area contributed by atoms with Crippen LogP contribution in [0.4, 0.5) is 0 Å². The molecule has 1 aliphatic rings. The molecule has 1 fully saturated rings. The fourth-order valence-corrected chi connectivity index (χ4v) is 5.35. The number of hydrogen-bond acceptors (Lipinski definition) is 5. The molecule has 200 valence electrons. The first-order valence-electron chi connectivity index (χ1n) is 12.5. The monoisotopic (exact) mass is 554 g/mol. The van der Waals surface area contributed by atoms with Gasteiger partial charge in [0.05, 0.1) is 17.1 Å². The van der Waals surface area contributed by atoms with Gasteiger partial charge in [0.2, 0.25) is 21.8 Å². The van der Waals surface area contributed by atoms with Crippen molar-refractivity contribution in [1.29, 1.82) is 0 Å². The van der Waals surface area contributed by atoms with E-state index in [9.17, 15) is 18.0 Å². The minimum atomic E-state index is -3.53. The first-order chi connectivity index (χ1) is 18.2. The second-order valence-corrected chi connectivity index (χ2v) is 11.6. The zero-order valence-electron chi connectivity index (χ0n) is 21.1. The Kier molecular flexibility index (Phi) is 9.14. The Bertz CT molecular complexity index is 1350. The molecule has 0 spiro atoms. The number of nitrogens with zero attached hydrogens (tertiary/aromatic N) is 2. The molecule has 0 saturated heterocycles. The van der Waals surface area contributed by atoms with Crippen LogP contribution in [0, 0.1) is 0 Å². The maximum Gasteiger partial charge on any atom is 0.242 e. The number of aromatic nitrogens is 1. The number of rotatable bonds is 12. The summed E-state index contributed by atoms with van der Waals surface area (Å²) >= 11 is 6.02. The first kappa shape index (κ1) is 27.8. The Balaban J connectivity index is 1.41. The lowest BCUT2D eigenvalue weighted by atomic mass is 10.1. The van der Waals surface area contributed by atoms with Crippen molar-refractivity contribution >= 4 is 33.4 Å². The molecule has 1 aliphatic carbocycles. The van der Waals surface area contributed by atoms with Gasteiger partial charge in [-0.25, -0.2) is 13.1 Å². The lowest BCUT2D eigenvalue weighted by Crippen LogP contribution is -2.47. The van der Waals surface area contributed by atoms with Gasteiger partial charge in [-0.2, -0.15) is 0 Å². The SMILES string of the molecule is CC(C(=O)NCc1ccccn1)N(Cc1ccc(Cl)cc1)C(=O)CCc1ccc(S(=O)(=O)NC2CC2)cc1. The summed E-state index contributed by atoms with van der Waals surface area (Å²) in [5, 5.41) is 3.45. The van der Waals surface area contributed by atoms with Gasteiger partial charge in [0.25, 0.3) is 0 Å². The van der Waals surface area contributed by atoms with Crippen LogP contribution in [0.25, 0.3) is 0 Å². The summed E-state index contributed by atoms with van der Waals surface area (Å²) < 4.78 is 27.5. The number of carbonyl (C=O) groups excluding carboxylic acids is 2. The van der Waals surface area contributed by atoms with Crippen molar-refractivity contribution in [2.45, 2.75) is 62.7 Å². The van der Waals surface area contributed by atoms with Crippen molar-refractivity contribution < 1.29 is 18.0 Å². The van der Waals surface area contributed by atoms with Gasteiger partial charge in [-0.15, -0.1) is 0 Å². The summed E-state index contributed by atoms with van der Waals surface area (Å²) in [6, 6.07) is 18.5. The average Bonchev–Trinajstić information content (AvgIpc) is 3.74. The number of aryl methyl sites for hydroxylation is 1. The molecule has 1 unspecified atom stereocenters. The summed E-state index contributed by atoms with van der Waals surface area (Å²) in [6.45, 7) is 2.21. The highest BCUT2D eigenvalue weighted by molar-refractivity contribution is 7.89. The van der Waals surface area contributed by atoms with E-state index in [2.05, 4.69) is 15.0 Å².